The fraction of sp³-hybridized carbons (Fsp3) is 0.936. The Morgan fingerprint density at radius 1 is 0.491 bits per heavy atom. The van der Waals surface area contributed by atoms with Gasteiger partial charge in [0.2, 0.25) is 17.7 Å². The normalized spacial score (nSPS) is 30.6. The number of carbonyl (C=O) groups is 5. The summed E-state index contributed by atoms with van der Waals surface area (Å²) in [5.74, 6) is -13.6. The first kappa shape index (κ1) is 101. The van der Waals surface area contributed by atoms with Crippen molar-refractivity contribution in [1.82, 2.24) is 16.0 Å². The van der Waals surface area contributed by atoms with Crippen LogP contribution >= 0.6 is 0 Å². The summed E-state index contributed by atoms with van der Waals surface area (Å²) in [5, 5.41) is 205. The van der Waals surface area contributed by atoms with Crippen molar-refractivity contribution in [3.8, 4) is 0 Å². The first-order valence-corrected chi connectivity index (χ1v) is 41.6. The first-order chi connectivity index (χ1) is 53.3. The van der Waals surface area contributed by atoms with Gasteiger partial charge >= 0.3 is 11.9 Å². The quantitative estimate of drug-likeness (QED) is 0.0384. The molecule has 21 N–H and O–H groups in total. The number of carboxylic acids is 2. The standard InChI is InChI=1S/C78H143N3O31/c1-6-7-8-9-10-11-12-13-14-15-16-17-18-19-20-21-22-27-30-33-36-39-52(86)72(100)80-50(62(92)51(85)38-35-32-29-26-24-23-25-28-31-34-37-47(2)3)44-105-74-69(99)67(97)65(95)57(109-74)45-107-77(75(101)102)41-56(60(79-49(5)84)71(111-77)64(94)55(89)43-83)110-78(76(103)104)40-53(87)59(70(112-78)63(93)54(88)42-82)81-58(90)46-106-73-68(98)66(96)61(91)48(4)108-73/h47-48,50-57,59-71,73-74,82-83,85-89,91-99H,6-46H2,1-5H3,(H,79,84)(H,80,100)(H,81,90)(H,101,102)(H,103,104)/t48-,50-,51+,52+,53-,54+,55+,56-,57+,59+,60+,61+,62-,63+,64+,65+,66+,67-,68-,69+,70+,71+,73+,74+,77+,78+/m0/s1. The Morgan fingerprint density at radius 2 is 0.920 bits per heavy atom. The summed E-state index contributed by atoms with van der Waals surface area (Å²) >= 11 is 0. The summed E-state index contributed by atoms with van der Waals surface area (Å²) in [5.41, 5.74) is 0. The molecule has 0 aromatic heterocycles. The lowest BCUT2D eigenvalue weighted by molar-refractivity contribution is -0.365. The number of hydrogen-bond donors (Lipinski definition) is 21. The third-order valence-corrected chi connectivity index (χ3v) is 22.0. The largest absolute Gasteiger partial charge is 0.477 e. The fourth-order valence-corrected chi connectivity index (χ4v) is 14.9. The molecule has 0 spiro atoms. The Labute approximate surface area is 659 Å². The van der Waals surface area contributed by atoms with Crippen molar-refractivity contribution in [3.63, 3.8) is 0 Å². The third-order valence-electron chi connectivity index (χ3n) is 22.0. The number of carbonyl (C=O) groups excluding carboxylic acids is 3. The average molecular weight is 1620 g/mol. The Balaban J connectivity index is 1.51. The number of hydrogen-bond acceptors (Lipinski definition) is 29. The van der Waals surface area contributed by atoms with E-state index in [-0.39, 0.29) is 12.8 Å². The van der Waals surface area contributed by atoms with Crippen molar-refractivity contribution >= 4 is 29.7 Å². The molecule has 0 aromatic carbocycles. The van der Waals surface area contributed by atoms with E-state index in [9.17, 15) is 116 Å². The molecule has 4 heterocycles. The van der Waals surface area contributed by atoms with Gasteiger partial charge in [-0.2, -0.15) is 0 Å². The predicted octanol–water partition coefficient (Wildman–Crippen LogP) is 1.48. The van der Waals surface area contributed by atoms with Crippen LogP contribution in [0.15, 0.2) is 0 Å². The van der Waals surface area contributed by atoms with E-state index in [1.165, 1.54) is 129 Å². The topological polar surface area (TPSA) is 559 Å². The molecule has 4 rings (SSSR count). The van der Waals surface area contributed by atoms with Gasteiger partial charge in [0.05, 0.1) is 69.0 Å². The molecule has 4 aliphatic heterocycles. The number of carboxylic acid groups (broad SMARTS) is 2. The van der Waals surface area contributed by atoms with Crippen LogP contribution in [-0.2, 0) is 61.9 Å². The Bertz CT molecular complexity index is 2590. The van der Waals surface area contributed by atoms with Gasteiger partial charge in [0.15, 0.2) is 12.6 Å². The van der Waals surface area contributed by atoms with Gasteiger partial charge in [0, 0.05) is 19.8 Å². The Kier molecular flexibility index (Phi) is 48.3. The van der Waals surface area contributed by atoms with Gasteiger partial charge in [-0.3, -0.25) is 14.4 Å². The number of aliphatic hydroxyl groups is 16. The lowest BCUT2D eigenvalue weighted by atomic mass is 9.86. The third kappa shape index (κ3) is 33.7. The molecule has 0 unspecified atom stereocenters. The van der Waals surface area contributed by atoms with Crippen LogP contribution in [0.3, 0.4) is 0 Å². The van der Waals surface area contributed by atoms with Crippen molar-refractivity contribution < 1.29 is 154 Å². The smallest absolute Gasteiger partial charge is 0.364 e. The minimum Gasteiger partial charge on any atom is -0.477 e. The van der Waals surface area contributed by atoms with Gasteiger partial charge in [-0.15, -0.1) is 0 Å². The second-order valence-corrected chi connectivity index (χ2v) is 31.9. The maximum absolute atomic E-state index is 13.8. The molecule has 0 bridgehead atoms. The molecule has 112 heavy (non-hydrogen) atoms. The summed E-state index contributed by atoms with van der Waals surface area (Å²) in [6.45, 7) is 3.24. The summed E-state index contributed by atoms with van der Waals surface area (Å²) < 4.78 is 46.2. The number of nitrogens with one attached hydrogen (secondary N) is 3. The lowest BCUT2D eigenvalue weighted by Gasteiger charge is -2.52. The highest BCUT2D eigenvalue weighted by molar-refractivity contribution is 5.81. The second kappa shape index (κ2) is 53.7. The van der Waals surface area contributed by atoms with Crippen molar-refractivity contribution in [2.24, 2.45) is 5.92 Å². The van der Waals surface area contributed by atoms with E-state index in [1.54, 1.807) is 0 Å². The van der Waals surface area contributed by atoms with Crippen molar-refractivity contribution in [2.45, 2.75) is 424 Å². The maximum atomic E-state index is 13.8. The molecule has 0 radical (unpaired) electrons. The number of rotatable bonds is 60. The molecule has 656 valence electrons. The van der Waals surface area contributed by atoms with Crippen LogP contribution in [0, 0.1) is 5.92 Å². The highest BCUT2D eigenvalue weighted by atomic mass is 16.8. The second-order valence-electron chi connectivity index (χ2n) is 31.9. The van der Waals surface area contributed by atoms with Gasteiger partial charge in [-0.25, -0.2) is 9.59 Å². The molecule has 4 fully saturated rings. The Hall–Kier alpha value is -3.61. The van der Waals surface area contributed by atoms with Gasteiger partial charge in [0.25, 0.3) is 11.6 Å². The van der Waals surface area contributed by atoms with Crippen LogP contribution in [0.4, 0.5) is 0 Å². The molecule has 0 aromatic rings. The molecule has 34 heteroatoms. The minimum atomic E-state index is -3.41. The number of aliphatic hydroxyl groups excluding tert-OH is 16. The summed E-state index contributed by atoms with van der Waals surface area (Å²) in [6, 6.07) is -5.57. The van der Waals surface area contributed by atoms with Crippen LogP contribution < -0.4 is 16.0 Å². The fourth-order valence-electron chi connectivity index (χ4n) is 14.9. The van der Waals surface area contributed by atoms with Crippen molar-refractivity contribution in [2.75, 3.05) is 33.0 Å². The summed E-state index contributed by atoms with van der Waals surface area (Å²) in [6.07, 6.45) is -8.74. The van der Waals surface area contributed by atoms with Gasteiger partial charge < -0.3 is 146 Å². The van der Waals surface area contributed by atoms with Gasteiger partial charge in [-0.05, 0) is 25.7 Å². The van der Waals surface area contributed by atoms with Crippen LogP contribution in [0.1, 0.15) is 266 Å². The number of ether oxygens (including phenoxy) is 8. The van der Waals surface area contributed by atoms with Gasteiger partial charge in [0.1, 0.15) is 98.2 Å². The molecular weight excluding hydrogens is 1470 g/mol. The van der Waals surface area contributed by atoms with Crippen molar-refractivity contribution in [1.29, 1.82) is 0 Å². The Morgan fingerprint density at radius 3 is 1.38 bits per heavy atom. The molecule has 26 atom stereocenters. The van der Waals surface area contributed by atoms with E-state index in [0.29, 0.717) is 18.8 Å². The van der Waals surface area contributed by atoms with Crippen LogP contribution in [-0.4, -0.2) is 313 Å². The van der Waals surface area contributed by atoms with Gasteiger partial charge in [-0.1, -0.05) is 226 Å². The van der Waals surface area contributed by atoms with E-state index in [1.807, 2.05) is 0 Å². The highest BCUT2D eigenvalue weighted by Gasteiger charge is 2.63. The molecule has 4 saturated heterocycles. The molecule has 34 nitrogen and oxygen atoms in total. The van der Waals surface area contributed by atoms with E-state index in [0.717, 1.165) is 77.6 Å². The van der Waals surface area contributed by atoms with E-state index in [2.05, 4.69) is 36.7 Å². The van der Waals surface area contributed by atoms with Crippen LogP contribution in [0.5, 0.6) is 0 Å². The molecule has 4 aliphatic rings. The number of unbranched alkanes of at least 4 members (excludes halogenated alkanes) is 29. The van der Waals surface area contributed by atoms with E-state index < -0.39 is 234 Å². The first-order valence-electron chi connectivity index (χ1n) is 41.6. The monoisotopic (exact) mass is 1620 g/mol. The summed E-state index contributed by atoms with van der Waals surface area (Å²) in [4.78, 5) is 67.8. The lowest BCUT2D eigenvalue weighted by Crippen LogP contribution is -2.72. The zero-order chi connectivity index (χ0) is 83.1. The van der Waals surface area contributed by atoms with Crippen LogP contribution in [0.2, 0.25) is 0 Å². The number of amides is 3. The van der Waals surface area contributed by atoms with E-state index in [4.69, 9.17) is 37.9 Å². The summed E-state index contributed by atoms with van der Waals surface area (Å²) in [7, 11) is 0. The van der Waals surface area contributed by atoms with Crippen molar-refractivity contribution in [3.05, 3.63) is 0 Å². The SMILES string of the molecule is CCCCCCCCCCCCCCCCCCCCCCC[C@@H](O)C(=O)N[C@@H](CO[C@@H]1O[C@H](CO[C@]2(C(=O)O)C[C@H](O[C@]3(C(=O)O)C[C@H](O)[C@@H](NC(=O)CO[C@@H]4O[C@@H](C)[C@@H](O)[C@@H](O)[C@@H]4O)[C@H]([C@H](O)[C@H](O)CO)O3)[C@@H](NC(C)=O)[C@H]([C@H](O)[C@H](O)CO)O2)[C@@H](O)[C@H](O)[C@H]1O)[C@H](O)[C@H](O)CCCCCCCCCCCCC(C)C. The highest BCUT2D eigenvalue weighted by Crippen LogP contribution is 2.42. The maximum Gasteiger partial charge on any atom is 0.364 e. The molecule has 3 amide bonds. The molecule has 0 saturated carbocycles. The predicted molar refractivity (Wildman–Crippen MR) is 403 cm³/mol. The average Bonchev–Trinajstić information content (AvgIpc) is 0.742. The zero-order valence-electron chi connectivity index (χ0n) is 66.8. The molecule has 0 aliphatic carbocycles. The number of aliphatic carboxylic acids is 2. The minimum absolute atomic E-state index is 0.0554. The molecular formula is C78H143N3O31. The zero-order valence-corrected chi connectivity index (χ0v) is 66.8. The van der Waals surface area contributed by atoms with Crippen LogP contribution in [0.25, 0.3) is 0 Å². The van der Waals surface area contributed by atoms with E-state index >= 15 is 0 Å².